The van der Waals surface area contributed by atoms with E-state index in [1.807, 2.05) is 0 Å². The lowest BCUT2D eigenvalue weighted by Gasteiger charge is -2.16. The van der Waals surface area contributed by atoms with Gasteiger partial charge in [-0.05, 0) is 0 Å². The Labute approximate surface area is 83.1 Å². The maximum atomic E-state index is 12.3. The number of hydrogen-bond donors (Lipinski definition) is 0. The molecule has 0 amide bonds. The standard InChI is InChI=1S/C8H4F3N3O/c9-8(10,11)7-5(2-13)4(1-12)6(3-14)15-7/h4-7H. The van der Waals surface area contributed by atoms with Crippen LogP contribution in [0.25, 0.3) is 0 Å². The van der Waals surface area contributed by atoms with Crippen molar-refractivity contribution in [2.75, 3.05) is 0 Å². The number of halogens is 3. The summed E-state index contributed by atoms with van der Waals surface area (Å²) >= 11 is 0. The van der Waals surface area contributed by atoms with Crippen LogP contribution in [0.15, 0.2) is 0 Å². The van der Waals surface area contributed by atoms with E-state index in [9.17, 15) is 13.2 Å². The van der Waals surface area contributed by atoms with E-state index in [0.717, 1.165) is 0 Å². The molecule has 1 rings (SSSR count). The lowest BCUT2D eigenvalue weighted by molar-refractivity contribution is -0.216. The normalized spacial score (nSPS) is 35.2. The maximum Gasteiger partial charge on any atom is 0.416 e. The minimum absolute atomic E-state index is 1.35. The molecule has 0 radical (unpaired) electrons. The van der Waals surface area contributed by atoms with Crippen LogP contribution >= 0.6 is 0 Å². The highest BCUT2D eigenvalue weighted by Gasteiger charge is 2.57. The van der Waals surface area contributed by atoms with Crippen molar-refractivity contribution in [3.63, 3.8) is 0 Å². The summed E-state index contributed by atoms with van der Waals surface area (Å²) in [6.07, 6.45) is -8.58. The summed E-state index contributed by atoms with van der Waals surface area (Å²) in [5.41, 5.74) is 0. The molecule has 0 aromatic heterocycles. The van der Waals surface area contributed by atoms with Gasteiger partial charge in [-0.15, -0.1) is 0 Å². The fourth-order valence-electron chi connectivity index (χ4n) is 1.39. The Hall–Kier alpha value is -1.78. The van der Waals surface area contributed by atoms with Gasteiger partial charge in [0.05, 0.1) is 18.2 Å². The first-order chi connectivity index (χ1) is 6.95. The second-order valence-electron chi connectivity index (χ2n) is 2.96. The van der Waals surface area contributed by atoms with E-state index >= 15 is 0 Å². The van der Waals surface area contributed by atoms with Gasteiger partial charge in [0, 0.05) is 0 Å². The number of rotatable bonds is 0. The van der Waals surface area contributed by atoms with Crippen molar-refractivity contribution in [2.24, 2.45) is 11.8 Å². The number of nitriles is 3. The highest BCUT2D eigenvalue weighted by atomic mass is 19.4. The van der Waals surface area contributed by atoms with E-state index in [1.165, 1.54) is 18.2 Å². The third kappa shape index (κ3) is 1.86. The van der Waals surface area contributed by atoms with Crippen LogP contribution < -0.4 is 0 Å². The Morgan fingerprint density at radius 2 is 1.47 bits per heavy atom. The summed E-state index contributed by atoms with van der Waals surface area (Å²) in [5, 5.41) is 25.5. The number of nitrogens with zero attached hydrogens (tertiary/aromatic N) is 3. The first-order valence-electron chi connectivity index (χ1n) is 3.86. The number of alkyl halides is 3. The fourth-order valence-corrected chi connectivity index (χ4v) is 1.39. The predicted octanol–water partition coefficient (Wildman–Crippen LogP) is 1.12. The van der Waals surface area contributed by atoms with Crippen LogP contribution in [0.4, 0.5) is 13.2 Å². The van der Waals surface area contributed by atoms with Crippen molar-refractivity contribution in [2.45, 2.75) is 18.4 Å². The zero-order valence-corrected chi connectivity index (χ0v) is 7.19. The highest BCUT2D eigenvalue weighted by Crippen LogP contribution is 2.40. The largest absolute Gasteiger partial charge is 0.416 e. The second-order valence-corrected chi connectivity index (χ2v) is 2.96. The molecule has 7 heteroatoms. The molecule has 78 valence electrons. The molecule has 1 saturated heterocycles. The maximum absolute atomic E-state index is 12.3. The van der Waals surface area contributed by atoms with Crippen LogP contribution in [-0.4, -0.2) is 18.4 Å². The van der Waals surface area contributed by atoms with Crippen molar-refractivity contribution in [3.8, 4) is 18.2 Å². The van der Waals surface area contributed by atoms with Crippen molar-refractivity contribution < 1.29 is 17.9 Å². The Morgan fingerprint density at radius 1 is 0.933 bits per heavy atom. The van der Waals surface area contributed by atoms with Gasteiger partial charge < -0.3 is 4.74 Å². The van der Waals surface area contributed by atoms with Crippen LogP contribution in [0.2, 0.25) is 0 Å². The summed E-state index contributed by atoms with van der Waals surface area (Å²) in [4.78, 5) is 0. The lowest BCUT2D eigenvalue weighted by atomic mass is 9.89. The molecular weight excluding hydrogens is 211 g/mol. The first-order valence-corrected chi connectivity index (χ1v) is 3.86. The molecular formula is C8H4F3N3O. The van der Waals surface area contributed by atoms with Gasteiger partial charge in [-0.3, -0.25) is 0 Å². The van der Waals surface area contributed by atoms with Crippen molar-refractivity contribution in [1.82, 2.24) is 0 Å². The predicted molar refractivity (Wildman–Crippen MR) is 38.5 cm³/mol. The molecule has 1 aliphatic rings. The van der Waals surface area contributed by atoms with Gasteiger partial charge >= 0.3 is 6.18 Å². The number of hydrogen-bond acceptors (Lipinski definition) is 4. The summed E-state index contributed by atoms with van der Waals surface area (Å²) in [5.74, 6) is -2.99. The van der Waals surface area contributed by atoms with Gasteiger partial charge in [0.15, 0.2) is 12.2 Å². The molecule has 0 bridgehead atoms. The van der Waals surface area contributed by atoms with Crippen molar-refractivity contribution in [1.29, 1.82) is 15.8 Å². The van der Waals surface area contributed by atoms with Crippen LogP contribution in [0.5, 0.6) is 0 Å². The monoisotopic (exact) mass is 215 g/mol. The third-order valence-corrected chi connectivity index (χ3v) is 2.08. The molecule has 1 fully saturated rings. The van der Waals surface area contributed by atoms with E-state index in [4.69, 9.17) is 15.8 Å². The highest BCUT2D eigenvalue weighted by molar-refractivity contribution is 5.15. The molecule has 0 aromatic rings. The van der Waals surface area contributed by atoms with Crippen LogP contribution in [0.3, 0.4) is 0 Å². The van der Waals surface area contributed by atoms with Crippen LogP contribution in [-0.2, 0) is 4.74 Å². The molecule has 0 aromatic carbocycles. The molecule has 0 N–H and O–H groups in total. The SMILES string of the molecule is N#CC1OC(C(F)(F)F)C(C#N)C1C#N. The summed E-state index contributed by atoms with van der Waals surface area (Å²) in [6.45, 7) is 0. The Bertz CT molecular complexity index is 373. The topological polar surface area (TPSA) is 80.6 Å². The van der Waals surface area contributed by atoms with Gasteiger partial charge in [0.25, 0.3) is 0 Å². The molecule has 1 aliphatic heterocycles. The van der Waals surface area contributed by atoms with Crippen LogP contribution in [0, 0.1) is 45.8 Å². The quantitative estimate of drug-likeness (QED) is 0.606. The van der Waals surface area contributed by atoms with Crippen molar-refractivity contribution in [3.05, 3.63) is 0 Å². The minimum atomic E-state index is -4.74. The molecule has 4 nitrogen and oxygen atoms in total. The zero-order chi connectivity index (χ0) is 11.6. The average molecular weight is 215 g/mol. The Balaban J connectivity index is 3.03. The van der Waals surface area contributed by atoms with E-state index in [1.54, 1.807) is 0 Å². The minimum Gasteiger partial charge on any atom is -0.348 e. The Morgan fingerprint density at radius 3 is 1.80 bits per heavy atom. The zero-order valence-electron chi connectivity index (χ0n) is 7.19. The molecule has 15 heavy (non-hydrogen) atoms. The first kappa shape index (κ1) is 11.3. The molecule has 4 atom stereocenters. The van der Waals surface area contributed by atoms with E-state index in [-0.39, 0.29) is 0 Å². The van der Waals surface area contributed by atoms with Crippen LogP contribution in [0.1, 0.15) is 0 Å². The molecule has 1 heterocycles. The van der Waals surface area contributed by atoms with Gasteiger partial charge in [-0.25, -0.2) is 0 Å². The number of ether oxygens (including phenoxy) is 1. The summed E-state index contributed by atoms with van der Waals surface area (Å²) in [7, 11) is 0. The van der Waals surface area contributed by atoms with Crippen molar-refractivity contribution >= 4 is 0 Å². The Kier molecular flexibility index (Phi) is 2.83. The van der Waals surface area contributed by atoms with Gasteiger partial charge in [0.1, 0.15) is 11.8 Å². The van der Waals surface area contributed by atoms with Gasteiger partial charge in [-0.1, -0.05) is 0 Å². The molecule has 4 unspecified atom stereocenters. The van der Waals surface area contributed by atoms with E-state index in [0.29, 0.717) is 0 Å². The third-order valence-electron chi connectivity index (χ3n) is 2.08. The summed E-state index contributed by atoms with van der Waals surface area (Å²) < 4.78 is 41.3. The second kappa shape index (κ2) is 3.76. The van der Waals surface area contributed by atoms with Gasteiger partial charge in [-0.2, -0.15) is 29.0 Å². The lowest BCUT2D eigenvalue weighted by Crippen LogP contribution is -2.34. The average Bonchev–Trinajstić information content (AvgIpc) is 2.54. The smallest absolute Gasteiger partial charge is 0.348 e. The molecule has 0 aliphatic carbocycles. The molecule has 0 saturated carbocycles. The van der Waals surface area contributed by atoms with E-state index < -0.39 is 30.2 Å². The molecule has 0 spiro atoms. The fraction of sp³-hybridized carbons (Fsp3) is 0.625. The van der Waals surface area contributed by atoms with Gasteiger partial charge in [0.2, 0.25) is 0 Å². The summed E-state index contributed by atoms with van der Waals surface area (Å²) in [6, 6.07) is 4.30. The van der Waals surface area contributed by atoms with E-state index in [2.05, 4.69) is 4.74 Å².